The molecule has 2 heterocycles. The van der Waals surface area contributed by atoms with Gasteiger partial charge < -0.3 is 10.8 Å². The van der Waals surface area contributed by atoms with Crippen LogP contribution in [0.15, 0.2) is 42.6 Å². The van der Waals surface area contributed by atoms with E-state index in [9.17, 15) is 5.11 Å². The summed E-state index contributed by atoms with van der Waals surface area (Å²) in [6.45, 7) is 0. The van der Waals surface area contributed by atoms with Gasteiger partial charge in [0.15, 0.2) is 0 Å². The minimum atomic E-state index is 0.261. The third-order valence-corrected chi connectivity index (χ3v) is 3.62. The van der Waals surface area contributed by atoms with Crippen molar-refractivity contribution >= 4 is 33.9 Å². The van der Waals surface area contributed by atoms with E-state index in [1.54, 1.807) is 16.6 Å². The molecule has 0 aliphatic heterocycles. The largest absolute Gasteiger partial charge is 0.507 e. The van der Waals surface area contributed by atoms with Crippen molar-refractivity contribution in [3.05, 3.63) is 46.2 Å². The fraction of sp³-hybridized carbons (Fsp3) is 0. The molecule has 0 amide bonds. The number of aromatic hydroxyl groups is 1. The highest BCUT2D eigenvalue weighted by atomic mass is 127. The van der Waals surface area contributed by atoms with Crippen LogP contribution in [0.25, 0.3) is 16.6 Å². The molecular weight excluding hydrogens is 341 g/mol. The third kappa shape index (κ3) is 1.80. The second-order valence-electron chi connectivity index (χ2n) is 3.99. The second-order valence-corrected chi connectivity index (χ2v) is 5.16. The first-order valence-electron chi connectivity index (χ1n) is 5.38. The number of phenols is 1. The molecule has 4 nitrogen and oxygen atoms in total. The fourth-order valence-corrected chi connectivity index (χ4v) is 2.66. The summed E-state index contributed by atoms with van der Waals surface area (Å²) in [5, 5.41) is 14.1. The maximum atomic E-state index is 9.86. The summed E-state index contributed by atoms with van der Waals surface area (Å²) < 4.78 is 2.76. The standard InChI is InChI=1S/C13H10IN3O/c14-10-6-13(15)16-17-7-8(5-11(10)17)9-3-1-2-4-12(9)18/h1-7,18H,(H2,15,16). The molecule has 0 aliphatic rings. The Morgan fingerprint density at radius 3 is 2.78 bits per heavy atom. The third-order valence-electron chi connectivity index (χ3n) is 2.76. The van der Waals surface area contributed by atoms with Gasteiger partial charge in [-0.05, 0) is 40.8 Å². The predicted octanol–water partition coefficient (Wildman–Crippen LogP) is 2.89. The van der Waals surface area contributed by atoms with Crippen LogP contribution in [0.3, 0.4) is 0 Å². The Morgan fingerprint density at radius 2 is 2.00 bits per heavy atom. The van der Waals surface area contributed by atoms with Gasteiger partial charge >= 0.3 is 0 Å². The molecule has 0 spiro atoms. The minimum Gasteiger partial charge on any atom is -0.507 e. The average Bonchev–Trinajstić information content (AvgIpc) is 2.73. The number of para-hydroxylation sites is 1. The lowest BCUT2D eigenvalue weighted by atomic mass is 10.1. The van der Waals surface area contributed by atoms with Crippen LogP contribution in [0.4, 0.5) is 5.82 Å². The summed E-state index contributed by atoms with van der Waals surface area (Å²) in [4.78, 5) is 0. The van der Waals surface area contributed by atoms with Crippen molar-refractivity contribution in [3.63, 3.8) is 0 Å². The van der Waals surface area contributed by atoms with Crippen molar-refractivity contribution in [2.24, 2.45) is 0 Å². The molecule has 0 saturated heterocycles. The van der Waals surface area contributed by atoms with E-state index in [1.807, 2.05) is 30.5 Å². The highest BCUT2D eigenvalue weighted by Gasteiger charge is 2.09. The van der Waals surface area contributed by atoms with Crippen molar-refractivity contribution in [1.82, 2.24) is 9.61 Å². The van der Waals surface area contributed by atoms with Crippen LogP contribution < -0.4 is 5.73 Å². The van der Waals surface area contributed by atoms with E-state index in [0.717, 1.165) is 20.2 Å². The van der Waals surface area contributed by atoms with E-state index in [4.69, 9.17) is 5.73 Å². The number of hydrogen-bond donors (Lipinski definition) is 2. The van der Waals surface area contributed by atoms with E-state index < -0.39 is 0 Å². The van der Waals surface area contributed by atoms with Gasteiger partial charge in [-0.2, -0.15) is 5.10 Å². The van der Waals surface area contributed by atoms with Crippen LogP contribution >= 0.6 is 22.6 Å². The van der Waals surface area contributed by atoms with E-state index in [-0.39, 0.29) is 5.75 Å². The highest BCUT2D eigenvalue weighted by molar-refractivity contribution is 14.1. The van der Waals surface area contributed by atoms with Gasteiger partial charge in [-0.3, -0.25) is 0 Å². The zero-order chi connectivity index (χ0) is 12.7. The molecule has 1 aromatic carbocycles. The number of benzene rings is 1. The predicted molar refractivity (Wildman–Crippen MR) is 79.4 cm³/mol. The first-order valence-corrected chi connectivity index (χ1v) is 6.46. The van der Waals surface area contributed by atoms with Crippen LogP contribution in [-0.4, -0.2) is 14.7 Å². The lowest BCUT2D eigenvalue weighted by Crippen LogP contribution is -1.97. The number of anilines is 1. The van der Waals surface area contributed by atoms with Gasteiger partial charge in [0, 0.05) is 20.9 Å². The van der Waals surface area contributed by atoms with Crippen molar-refractivity contribution in [2.75, 3.05) is 5.73 Å². The van der Waals surface area contributed by atoms with Crippen molar-refractivity contribution in [2.45, 2.75) is 0 Å². The molecule has 2 aromatic heterocycles. The molecule has 5 heteroatoms. The minimum absolute atomic E-state index is 0.261. The zero-order valence-corrected chi connectivity index (χ0v) is 11.5. The molecule has 0 radical (unpaired) electrons. The van der Waals surface area contributed by atoms with E-state index in [2.05, 4.69) is 27.7 Å². The maximum absolute atomic E-state index is 9.86. The van der Waals surface area contributed by atoms with Crippen LogP contribution in [0.2, 0.25) is 0 Å². The fourth-order valence-electron chi connectivity index (χ4n) is 1.94. The topological polar surface area (TPSA) is 63.5 Å². The summed E-state index contributed by atoms with van der Waals surface area (Å²) in [6.07, 6.45) is 1.86. The Balaban J connectivity index is 2.26. The summed E-state index contributed by atoms with van der Waals surface area (Å²) in [5.74, 6) is 0.739. The Morgan fingerprint density at radius 1 is 1.22 bits per heavy atom. The van der Waals surface area contributed by atoms with Crippen LogP contribution in [0, 0.1) is 3.57 Å². The molecule has 0 atom stereocenters. The second kappa shape index (κ2) is 4.16. The molecular formula is C13H10IN3O. The molecule has 0 fully saturated rings. The van der Waals surface area contributed by atoms with Gasteiger partial charge in [0.05, 0.1) is 5.52 Å². The number of phenolic OH excluding ortho intramolecular Hbond substituents is 1. The lowest BCUT2D eigenvalue weighted by Gasteiger charge is -1.99. The maximum Gasteiger partial charge on any atom is 0.145 e. The van der Waals surface area contributed by atoms with E-state index in [1.165, 1.54) is 0 Å². The van der Waals surface area contributed by atoms with Gasteiger partial charge in [0.1, 0.15) is 11.6 Å². The molecule has 0 unspecified atom stereocenters. The average molecular weight is 351 g/mol. The van der Waals surface area contributed by atoms with Crippen molar-refractivity contribution < 1.29 is 5.11 Å². The molecule has 0 bridgehead atoms. The smallest absolute Gasteiger partial charge is 0.145 e. The quantitative estimate of drug-likeness (QED) is 0.663. The number of fused-ring (bicyclic) bond motifs is 1. The normalized spacial score (nSPS) is 10.9. The van der Waals surface area contributed by atoms with Gasteiger partial charge in [-0.1, -0.05) is 18.2 Å². The van der Waals surface area contributed by atoms with Crippen LogP contribution in [-0.2, 0) is 0 Å². The van der Waals surface area contributed by atoms with Crippen molar-refractivity contribution in [3.8, 4) is 16.9 Å². The number of rotatable bonds is 1. The molecule has 3 aromatic rings. The Bertz CT molecular complexity index is 736. The highest BCUT2D eigenvalue weighted by Crippen LogP contribution is 2.31. The monoisotopic (exact) mass is 351 g/mol. The number of nitrogens with two attached hydrogens (primary N) is 1. The SMILES string of the molecule is Nc1cc(I)c2cc(-c3ccccc3O)cn2n1. The summed E-state index contributed by atoms with van der Waals surface area (Å²) in [6, 6.07) is 11.1. The van der Waals surface area contributed by atoms with Gasteiger partial charge in [-0.25, -0.2) is 4.52 Å². The number of nitrogen functional groups attached to an aromatic ring is 1. The molecule has 0 aliphatic carbocycles. The van der Waals surface area contributed by atoms with Crippen molar-refractivity contribution in [1.29, 1.82) is 0 Å². The van der Waals surface area contributed by atoms with Crippen LogP contribution in [0.5, 0.6) is 5.75 Å². The Hall–Kier alpha value is -1.76. The van der Waals surface area contributed by atoms with Gasteiger partial charge in [0.2, 0.25) is 0 Å². The first kappa shape index (κ1) is 11.3. The van der Waals surface area contributed by atoms with Crippen LogP contribution in [0.1, 0.15) is 0 Å². The lowest BCUT2D eigenvalue weighted by molar-refractivity contribution is 0.477. The first-order chi connectivity index (χ1) is 8.65. The summed E-state index contributed by atoms with van der Waals surface area (Å²) in [7, 11) is 0. The molecule has 3 N–H and O–H groups in total. The molecule has 0 saturated carbocycles. The Labute approximate surface area is 117 Å². The summed E-state index contributed by atoms with van der Waals surface area (Å²) >= 11 is 2.22. The zero-order valence-electron chi connectivity index (χ0n) is 9.34. The van der Waals surface area contributed by atoms with E-state index >= 15 is 0 Å². The van der Waals surface area contributed by atoms with Gasteiger partial charge in [-0.15, -0.1) is 0 Å². The molecule has 18 heavy (non-hydrogen) atoms. The van der Waals surface area contributed by atoms with E-state index in [0.29, 0.717) is 5.82 Å². The Kier molecular flexibility index (Phi) is 2.62. The number of nitrogens with zero attached hydrogens (tertiary/aromatic N) is 2. The number of halogens is 1. The van der Waals surface area contributed by atoms with Gasteiger partial charge in [0.25, 0.3) is 0 Å². The number of aromatic nitrogens is 2. The summed E-state index contributed by atoms with van der Waals surface area (Å²) in [5.41, 5.74) is 8.40. The molecule has 3 rings (SSSR count). The number of hydrogen-bond acceptors (Lipinski definition) is 3. The molecule has 90 valence electrons.